The van der Waals surface area contributed by atoms with E-state index in [0.717, 1.165) is 25.7 Å². The van der Waals surface area contributed by atoms with Crippen LogP contribution >= 0.6 is 0 Å². The lowest BCUT2D eigenvalue weighted by molar-refractivity contribution is -0.548. The van der Waals surface area contributed by atoms with E-state index in [-0.39, 0.29) is 17.7 Å². The van der Waals surface area contributed by atoms with Gasteiger partial charge in [-0.2, -0.15) is 0 Å². The van der Waals surface area contributed by atoms with Crippen molar-refractivity contribution < 1.29 is 19.3 Å². The second-order valence-corrected chi connectivity index (χ2v) is 7.46. The van der Waals surface area contributed by atoms with Gasteiger partial charge in [0, 0.05) is 18.3 Å². The Labute approximate surface area is 124 Å². The number of rotatable bonds is 0. The largest absolute Gasteiger partial charge is 0.319 e. The van der Waals surface area contributed by atoms with E-state index in [1.807, 2.05) is 13.8 Å². The summed E-state index contributed by atoms with van der Waals surface area (Å²) in [5.74, 6) is 6.03. The van der Waals surface area contributed by atoms with Crippen molar-refractivity contribution in [2.75, 3.05) is 0 Å². The molecule has 0 aromatic carbocycles. The summed E-state index contributed by atoms with van der Waals surface area (Å²) in [6.07, 6.45) is 3.29. The first kappa shape index (κ1) is 13.9. The van der Waals surface area contributed by atoms with Gasteiger partial charge in [-0.1, -0.05) is 13.8 Å². The van der Waals surface area contributed by atoms with Crippen LogP contribution in [0.4, 0.5) is 0 Å². The van der Waals surface area contributed by atoms with E-state index in [4.69, 9.17) is 20.4 Å². The van der Waals surface area contributed by atoms with Gasteiger partial charge >= 0.3 is 0 Å². The van der Waals surface area contributed by atoms with Crippen LogP contribution in [-0.4, -0.2) is 28.5 Å². The number of fused-ring (bicyclic) bond motifs is 2. The molecule has 21 heavy (non-hydrogen) atoms. The zero-order valence-electron chi connectivity index (χ0n) is 12.9. The maximum absolute atomic E-state index is 12.5. The average molecular weight is 296 g/mol. The summed E-state index contributed by atoms with van der Waals surface area (Å²) in [7, 11) is 0. The average Bonchev–Trinajstić information content (AvgIpc) is 2.69. The molecule has 4 saturated heterocycles. The lowest BCUT2D eigenvalue weighted by Crippen LogP contribution is -2.76. The fraction of sp³-hybridized carbons (Fsp3) is 0.933. The number of carbonyl (C=O) groups is 1. The van der Waals surface area contributed by atoms with E-state index in [1.165, 1.54) is 5.01 Å². The van der Waals surface area contributed by atoms with Gasteiger partial charge in [0.1, 0.15) is 0 Å². The SMILES string of the molecule is C[C@@H]1CC[C@H]2[C@@H](C)C(=O)N(N)[C@@H]3O[C@]4(C)CC[C@@H]1C23OO4. The molecule has 7 atom stereocenters. The Balaban J connectivity index is 1.87. The number of carbonyl (C=O) groups excluding carboxylic acids is 1. The molecule has 6 nitrogen and oxygen atoms in total. The summed E-state index contributed by atoms with van der Waals surface area (Å²) in [4.78, 5) is 24.2. The number of hydrazine groups is 1. The van der Waals surface area contributed by atoms with Gasteiger partial charge in [0.2, 0.25) is 11.7 Å². The Morgan fingerprint density at radius 1 is 1.19 bits per heavy atom. The van der Waals surface area contributed by atoms with E-state index < -0.39 is 17.6 Å². The molecule has 0 radical (unpaired) electrons. The third-order valence-corrected chi connectivity index (χ3v) is 6.30. The van der Waals surface area contributed by atoms with Gasteiger partial charge in [0.25, 0.3) is 0 Å². The fourth-order valence-corrected chi connectivity index (χ4v) is 5.09. The highest BCUT2D eigenvalue weighted by Gasteiger charge is 2.70. The Morgan fingerprint density at radius 2 is 1.95 bits per heavy atom. The van der Waals surface area contributed by atoms with E-state index in [2.05, 4.69) is 6.92 Å². The van der Waals surface area contributed by atoms with Crippen LogP contribution in [0, 0.1) is 23.7 Å². The lowest BCUT2D eigenvalue weighted by Gasteiger charge is -2.60. The summed E-state index contributed by atoms with van der Waals surface area (Å²) < 4.78 is 6.14. The van der Waals surface area contributed by atoms with Crippen molar-refractivity contribution in [3.8, 4) is 0 Å². The molecule has 0 aromatic rings. The third-order valence-electron chi connectivity index (χ3n) is 6.30. The molecule has 1 saturated carbocycles. The van der Waals surface area contributed by atoms with E-state index in [0.29, 0.717) is 11.8 Å². The van der Waals surface area contributed by atoms with E-state index >= 15 is 0 Å². The van der Waals surface area contributed by atoms with Crippen LogP contribution in [0.15, 0.2) is 0 Å². The molecule has 5 fully saturated rings. The number of piperidine rings is 1. The van der Waals surface area contributed by atoms with Crippen LogP contribution in [0.3, 0.4) is 0 Å². The summed E-state index contributed by atoms with van der Waals surface area (Å²) in [6.45, 7) is 6.08. The number of nitrogens with two attached hydrogens (primary N) is 1. The molecule has 1 amide bonds. The summed E-state index contributed by atoms with van der Waals surface area (Å²) in [5.41, 5.74) is -0.615. The molecular weight excluding hydrogens is 272 g/mol. The molecular formula is C15H24N2O4. The second-order valence-electron chi connectivity index (χ2n) is 7.46. The molecule has 118 valence electrons. The zero-order chi connectivity index (χ0) is 15.0. The first-order valence-electron chi connectivity index (χ1n) is 8.01. The van der Waals surface area contributed by atoms with Crippen LogP contribution in [0.5, 0.6) is 0 Å². The lowest BCUT2D eigenvalue weighted by atomic mass is 9.57. The zero-order valence-corrected chi connectivity index (χ0v) is 12.9. The predicted molar refractivity (Wildman–Crippen MR) is 73.0 cm³/mol. The maximum Gasteiger partial charge on any atom is 0.242 e. The minimum atomic E-state index is -0.810. The van der Waals surface area contributed by atoms with Crippen LogP contribution in [-0.2, 0) is 19.3 Å². The van der Waals surface area contributed by atoms with Crippen molar-refractivity contribution in [2.45, 2.75) is 64.1 Å². The summed E-state index contributed by atoms with van der Waals surface area (Å²) in [5, 5.41) is 1.26. The number of ether oxygens (including phenoxy) is 1. The highest BCUT2D eigenvalue weighted by molar-refractivity contribution is 5.80. The van der Waals surface area contributed by atoms with Gasteiger partial charge in [0.05, 0.1) is 0 Å². The quantitative estimate of drug-likeness (QED) is 0.417. The highest BCUT2D eigenvalue weighted by Crippen LogP contribution is 2.59. The minimum absolute atomic E-state index is 0.0521. The predicted octanol–water partition coefficient (Wildman–Crippen LogP) is 1.55. The first-order valence-corrected chi connectivity index (χ1v) is 8.01. The fourth-order valence-electron chi connectivity index (χ4n) is 5.09. The van der Waals surface area contributed by atoms with E-state index in [9.17, 15) is 4.79 Å². The maximum atomic E-state index is 12.5. The van der Waals surface area contributed by atoms with Crippen molar-refractivity contribution in [1.29, 1.82) is 0 Å². The van der Waals surface area contributed by atoms with Crippen molar-refractivity contribution in [2.24, 2.45) is 29.5 Å². The van der Waals surface area contributed by atoms with Gasteiger partial charge in [0.15, 0.2) is 11.8 Å². The molecule has 4 aliphatic heterocycles. The van der Waals surface area contributed by atoms with E-state index in [1.54, 1.807) is 0 Å². The van der Waals surface area contributed by atoms with Crippen LogP contribution in [0.25, 0.3) is 0 Å². The molecule has 1 unspecified atom stereocenters. The molecule has 5 rings (SSSR count). The summed E-state index contributed by atoms with van der Waals surface area (Å²) >= 11 is 0. The number of hydrogen-bond acceptors (Lipinski definition) is 5. The second kappa shape index (κ2) is 4.19. The Morgan fingerprint density at radius 3 is 2.71 bits per heavy atom. The van der Waals surface area contributed by atoms with Crippen molar-refractivity contribution in [1.82, 2.24) is 5.01 Å². The standard InChI is InChI=1S/C15H24N2O4/c1-8-4-5-11-9(2)12(18)17(16)13-15(11)10(8)6-7-14(3,19-13)20-21-15/h8-11,13H,4-7,16H2,1-3H3/t8-,9-,10+,11+,13-,14+,15?/m1/s1. The minimum Gasteiger partial charge on any atom is -0.319 e. The smallest absolute Gasteiger partial charge is 0.242 e. The molecule has 2 bridgehead atoms. The monoisotopic (exact) mass is 296 g/mol. The molecule has 2 N–H and O–H groups in total. The molecule has 5 aliphatic rings. The van der Waals surface area contributed by atoms with Gasteiger partial charge < -0.3 is 4.74 Å². The normalized spacial score (nSPS) is 56.1. The van der Waals surface area contributed by atoms with Gasteiger partial charge in [-0.25, -0.2) is 20.6 Å². The third kappa shape index (κ3) is 1.59. The van der Waals surface area contributed by atoms with Crippen LogP contribution < -0.4 is 5.84 Å². The van der Waals surface area contributed by atoms with Gasteiger partial charge in [-0.05, 0) is 38.0 Å². The van der Waals surface area contributed by atoms with Gasteiger partial charge in [-0.15, -0.1) is 0 Å². The molecule has 6 heteroatoms. The van der Waals surface area contributed by atoms with Crippen molar-refractivity contribution in [3.05, 3.63) is 0 Å². The van der Waals surface area contributed by atoms with Crippen LogP contribution in [0.1, 0.15) is 46.5 Å². The number of amides is 1. The number of nitrogens with zero attached hydrogens (tertiary/aromatic N) is 1. The molecule has 4 heterocycles. The Kier molecular flexibility index (Phi) is 2.78. The first-order chi connectivity index (χ1) is 9.89. The van der Waals surface area contributed by atoms with Crippen LogP contribution in [0.2, 0.25) is 0 Å². The van der Waals surface area contributed by atoms with Gasteiger partial charge in [-0.3, -0.25) is 4.79 Å². The Hall–Kier alpha value is -0.690. The number of hydrogen-bond donors (Lipinski definition) is 1. The molecule has 1 spiro atoms. The molecule has 0 aromatic heterocycles. The summed E-state index contributed by atoms with van der Waals surface area (Å²) in [6, 6.07) is 0. The van der Waals surface area contributed by atoms with Crippen molar-refractivity contribution in [3.63, 3.8) is 0 Å². The van der Waals surface area contributed by atoms with Crippen molar-refractivity contribution >= 4 is 5.91 Å². The Bertz CT molecular complexity index is 486. The highest BCUT2D eigenvalue weighted by atomic mass is 17.3. The topological polar surface area (TPSA) is 74.0 Å². The molecule has 1 aliphatic carbocycles.